The Labute approximate surface area is 120 Å². The highest BCUT2D eigenvalue weighted by Gasteiger charge is 2.13. The molecule has 0 bridgehead atoms. The first-order valence-electron chi connectivity index (χ1n) is 7.01. The van der Waals surface area contributed by atoms with E-state index in [9.17, 15) is 0 Å². The van der Waals surface area contributed by atoms with E-state index in [1.807, 2.05) is 12.1 Å². The largest absolute Gasteiger partial charge is 0.248 e. The van der Waals surface area contributed by atoms with Crippen LogP contribution in [0, 0.1) is 0 Å². The molecule has 0 N–H and O–H groups in total. The Kier molecular flexibility index (Phi) is 3.06. The molecule has 3 rings (SSSR count). The minimum absolute atomic E-state index is 0.190. The van der Waals surface area contributed by atoms with Gasteiger partial charge in [0.25, 0.3) is 0 Å². The number of hydrogen-bond acceptors (Lipinski definition) is 1. The van der Waals surface area contributed by atoms with Gasteiger partial charge in [0.2, 0.25) is 0 Å². The van der Waals surface area contributed by atoms with Gasteiger partial charge in [-0.1, -0.05) is 69.3 Å². The summed E-state index contributed by atoms with van der Waals surface area (Å²) in [5, 5.41) is 1.18. The molecular formula is C19H19N. The maximum Gasteiger partial charge on any atom is 0.0709 e. The van der Waals surface area contributed by atoms with Crippen LogP contribution in [0.3, 0.4) is 0 Å². The molecule has 3 aromatic rings. The molecule has 1 nitrogen and oxygen atoms in total. The van der Waals surface area contributed by atoms with Crippen molar-refractivity contribution in [1.82, 2.24) is 4.98 Å². The third kappa shape index (κ3) is 2.44. The second kappa shape index (κ2) is 4.75. The standard InChI is InChI=1S/C19H19N/c1-19(2,3)16-11-8-15(9-12-16)18-13-10-14-6-4-5-7-17(14)20-18/h4-13H,1-3H3. The molecule has 0 unspecified atom stereocenters. The molecular weight excluding hydrogens is 242 g/mol. The highest BCUT2D eigenvalue weighted by atomic mass is 14.7. The highest BCUT2D eigenvalue weighted by Crippen LogP contribution is 2.26. The average molecular weight is 261 g/mol. The summed E-state index contributed by atoms with van der Waals surface area (Å²) in [6.07, 6.45) is 0. The molecule has 0 radical (unpaired) electrons. The Morgan fingerprint density at radius 1 is 0.750 bits per heavy atom. The zero-order chi connectivity index (χ0) is 14.2. The van der Waals surface area contributed by atoms with Crippen molar-refractivity contribution in [3.63, 3.8) is 0 Å². The average Bonchev–Trinajstić information content (AvgIpc) is 2.46. The lowest BCUT2D eigenvalue weighted by Crippen LogP contribution is -2.10. The fourth-order valence-electron chi connectivity index (χ4n) is 2.37. The number of pyridine rings is 1. The molecule has 0 fully saturated rings. The lowest BCUT2D eigenvalue weighted by molar-refractivity contribution is 0.590. The summed E-state index contributed by atoms with van der Waals surface area (Å²) >= 11 is 0. The summed E-state index contributed by atoms with van der Waals surface area (Å²) in [7, 11) is 0. The molecule has 0 amide bonds. The topological polar surface area (TPSA) is 12.9 Å². The number of benzene rings is 2. The molecule has 1 aromatic heterocycles. The number of para-hydroxylation sites is 1. The van der Waals surface area contributed by atoms with Gasteiger partial charge in [-0.2, -0.15) is 0 Å². The summed E-state index contributed by atoms with van der Waals surface area (Å²) in [4.78, 5) is 4.74. The molecule has 1 heterocycles. The first-order valence-corrected chi connectivity index (χ1v) is 7.01. The van der Waals surface area contributed by atoms with Gasteiger partial charge in [-0.3, -0.25) is 0 Å². The molecule has 0 atom stereocenters. The van der Waals surface area contributed by atoms with Crippen molar-refractivity contribution in [3.8, 4) is 11.3 Å². The van der Waals surface area contributed by atoms with E-state index >= 15 is 0 Å². The van der Waals surface area contributed by atoms with Crippen LogP contribution < -0.4 is 0 Å². The van der Waals surface area contributed by atoms with Crippen molar-refractivity contribution >= 4 is 10.9 Å². The molecule has 0 aliphatic heterocycles. The van der Waals surface area contributed by atoms with E-state index < -0.39 is 0 Å². The van der Waals surface area contributed by atoms with Crippen LogP contribution in [0.4, 0.5) is 0 Å². The SMILES string of the molecule is CC(C)(C)c1ccc(-c2ccc3ccccc3n2)cc1. The lowest BCUT2D eigenvalue weighted by atomic mass is 9.86. The monoisotopic (exact) mass is 261 g/mol. The fourth-order valence-corrected chi connectivity index (χ4v) is 2.37. The van der Waals surface area contributed by atoms with Gasteiger partial charge in [-0.15, -0.1) is 0 Å². The zero-order valence-electron chi connectivity index (χ0n) is 12.2. The van der Waals surface area contributed by atoms with E-state index in [4.69, 9.17) is 4.98 Å². The predicted molar refractivity (Wildman–Crippen MR) is 85.9 cm³/mol. The number of nitrogens with zero attached hydrogens (tertiary/aromatic N) is 1. The Bertz CT molecular complexity index is 734. The Morgan fingerprint density at radius 3 is 2.15 bits per heavy atom. The molecule has 0 aliphatic carbocycles. The van der Waals surface area contributed by atoms with E-state index in [0.717, 1.165) is 11.2 Å². The van der Waals surface area contributed by atoms with Crippen LogP contribution >= 0.6 is 0 Å². The first-order chi connectivity index (χ1) is 9.54. The van der Waals surface area contributed by atoms with Crippen LogP contribution in [0.5, 0.6) is 0 Å². The molecule has 0 saturated carbocycles. The zero-order valence-corrected chi connectivity index (χ0v) is 12.2. The molecule has 2 aromatic carbocycles. The Balaban J connectivity index is 2.02. The summed E-state index contributed by atoms with van der Waals surface area (Å²) in [6, 6.07) is 21.2. The van der Waals surface area contributed by atoms with Crippen LogP contribution in [0.25, 0.3) is 22.2 Å². The normalized spacial score (nSPS) is 11.8. The summed E-state index contributed by atoms with van der Waals surface area (Å²) in [5.74, 6) is 0. The number of aromatic nitrogens is 1. The molecule has 0 aliphatic rings. The second-order valence-corrected chi connectivity index (χ2v) is 6.22. The van der Waals surface area contributed by atoms with Crippen molar-refractivity contribution in [1.29, 1.82) is 0 Å². The van der Waals surface area contributed by atoms with Crippen LogP contribution in [-0.2, 0) is 5.41 Å². The van der Waals surface area contributed by atoms with Gasteiger partial charge in [0.15, 0.2) is 0 Å². The number of rotatable bonds is 1. The minimum Gasteiger partial charge on any atom is -0.248 e. The third-order valence-corrected chi connectivity index (χ3v) is 3.65. The van der Waals surface area contributed by atoms with Crippen LogP contribution in [0.1, 0.15) is 26.3 Å². The van der Waals surface area contributed by atoms with E-state index in [1.54, 1.807) is 0 Å². The van der Waals surface area contributed by atoms with E-state index in [-0.39, 0.29) is 5.41 Å². The van der Waals surface area contributed by atoms with Crippen molar-refractivity contribution in [2.75, 3.05) is 0 Å². The Hall–Kier alpha value is -2.15. The Morgan fingerprint density at radius 2 is 1.45 bits per heavy atom. The summed E-state index contributed by atoms with van der Waals surface area (Å²) < 4.78 is 0. The predicted octanol–water partition coefficient (Wildman–Crippen LogP) is 5.20. The number of fused-ring (bicyclic) bond motifs is 1. The van der Waals surface area contributed by atoms with Gasteiger partial charge in [-0.25, -0.2) is 4.98 Å². The smallest absolute Gasteiger partial charge is 0.0709 e. The van der Waals surface area contributed by atoms with Crippen molar-refractivity contribution in [3.05, 3.63) is 66.2 Å². The van der Waals surface area contributed by atoms with Crippen LogP contribution in [0.2, 0.25) is 0 Å². The molecule has 0 saturated heterocycles. The highest BCUT2D eigenvalue weighted by molar-refractivity contribution is 5.81. The fraction of sp³-hybridized carbons (Fsp3) is 0.211. The van der Waals surface area contributed by atoms with E-state index in [2.05, 4.69) is 69.3 Å². The second-order valence-electron chi connectivity index (χ2n) is 6.22. The maximum absolute atomic E-state index is 4.74. The summed E-state index contributed by atoms with van der Waals surface area (Å²) in [6.45, 7) is 6.70. The molecule has 0 spiro atoms. The van der Waals surface area contributed by atoms with E-state index in [0.29, 0.717) is 0 Å². The van der Waals surface area contributed by atoms with Gasteiger partial charge >= 0.3 is 0 Å². The van der Waals surface area contributed by atoms with Crippen molar-refractivity contribution in [2.24, 2.45) is 0 Å². The van der Waals surface area contributed by atoms with Crippen LogP contribution in [0.15, 0.2) is 60.7 Å². The van der Waals surface area contributed by atoms with Gasteiger partial charge in [-0.05, 0) is 23.1 Å². The van der Waals surface area contributed by atoms with Gasteiger partial charge in [0.1, 0.15) is 0 Å². The molecule has 1 heteroatoms. The van der Waals surface area contributed by atoms with Gasteiger partial charge in [0.05, 0.1) is 11.2 Å². The molecule has 100 valence electrons. The third-order valence-electron chi connectivity index (χ3n) is 3.65. The van der Waals surface area contributed by atoms with Gasteiger partial charge < -0.3 is 0 Å². The maximum atomic E-state index is 4.74. The van der Waals surface area contributed by atoms with Crippen molar-refractivity contribution in [2.45, 2.75) is 26.2 Å². The molecule has 20 heavy (non-hydrogen) atoms. The van der Waals surface area contributed by atoms with Crippen molar-refractivity contribution < 1.29 is 0 Å². The quantitative estimate of drug-likeness (QED) is 0.586. The summed E-state index contributed by atoms with van der Waals surface area (Å²) in [5.41, 5.74) is 4.79. The van der Waals surface area contributed by atoms with E-state index in [1.165, 1.54) is 16.5 Å². The number of hydrogen-bond donors (Lipinski definition) is 0. The first kappa shape index (κ1) is 12.9. The van der Waals surface area contributed by atoms with Gasteiger partial charge in [0, 0.05) is 10.9 Å². The minimum atomic E-state index is 0.190. The van der Waals surface area contributed by atoms with Crippen LogP contribution in [-0.4, -0.2) is 4.98 Å². The lowest BCUT2D eigenvalue weighted by Gasteiger charge is -2.19.